The van der Waals surface area contributed by atoms with E-state index in [4.69, 9.17) is 5.26 Å². The molecule has 0 bridgehead atoms. The molecule has 1 fully saturated rings. The number of nitriles is 1. The maximum absolute atomic E-state index is 12.8. The predicted molar refractivity (Wildman–Crippen MR) is 70.3 cm³/mol. The van der Waals surface area contributed by atoms with Crippen molar-refractivity contribution in [3.8, 4) is 6.07 Å². The molecule has 1 aromatic carbocycles. The number of hydrogen-bond acceptors (Lipinski definition) is 3. The van der Waals surface area contributed by atoms with Crippen LogP contribution in [0.5, 0.6) is 0 Å². The molecule has 1 aromatic rings. The van der Waals surface area contributed by atoms with Gasteiger partial charge in [-0.3, -0.25) is 0 Å². The van der Waals surface area contributed by atoms with Gasteiger partial charge in [0.15, 0.2) is 0 Å². The second-order valence-electron chi connectivity index (χ2n) is 5.17. The SMILES string of the molecule is CN1CCC(CNc2ccc(C#N)c(C(F)(F)F)c2)C1. The molecule has 0 aliphatic carbocycles. The van der Waals surface area contributed by atoms with Crippen LogP contribution in [0.15, 0.2) is 18.2 Å². The van der Waals surface area contributed by atoms with Crippen LogP contribution in [0.25, 0.3) is 0 Å². The molecule has 2 rings (SSSR count). The molecule has 0 aromatic heterocycles. The van der Waals surface area contributed by atoms with Gasteiger partial charge in [0.2, 0.25) is 0 Å². The first-order valence-electron chi connectivity index (χ1n) is 6.44. The molecule has 3 nitrogen and oxygen atoms in total. The molecule has 1 N–H and O–H groups in total. The molecule has 1 saturated heterocycles. The fourth-order valence-corrected chi connectivity index (χ4v) is 2.44. The van der Waals surface area contributed by atoms with Gasteiger partial charge >= 0.3 is 6.18 Å². The molecule has 0 saturated carbocycles. The Morgan fingerprint density at radius 3 is 2.75 bits per heavy atom. The maximum Gasteiger partial charge on any atom is 0.417 e. The Bertz CT molecular complexity index is 519. The minimum Gasteiger partial charge on any atom is -0.385 e. The fourth-order valence-electron chi connectivity index (χ4n) is 2.44. The van der Waals surface area contributed by atoms with Gasteiger partial charge < -0.3 is 10.2 Å². The van der Waals surface area contributed by atoms with Crippen LogP contribution in [0.2, 0.25) is 0 Å². The van der Waals surface area contributed by atoms with Crippen molar-refractivity contribution in [1.29, 1.82) is 5.26 Å². The number of rotatable bonds is 3. The molecule has 6 heteroatoms. The quantitative estimate of drug-likeness (QED) is 0.927. The first kappa shape index (κ1) is 14.7. The topological polar surface area (TPSA) is 39.1 Å². The minimum absolute atomic E-state index is 0.344. The van der Waals surface area contributed by atoms with E-state index < -0.39 is 11.7 Å². The van der Waals surface area contributed by atoms with E-state index >= 15 is 0 Å². The number of benzene rings is 1. The Balaban J connectivity index is 2.08. The average molecular weight is 283 g/mol. The van der Waals surface area contributed by atoms with E-state index in [1.165, 1.54) is 12.1 Å². The number of nitrogens with zero attached hydrogens (tertiary/aromatic N) is 2. The van der Waals surface area contributed by atoms with Gasteiger partial charge in [0.1, 0.15) is 0 Å². The van der Waals surface area contributed by atoms with Gasteiger partial charge in [-0.05, 0) is 44.1 Å². The van der Waals surface area contributed by atoms with Gasteiger partial charge in [0.05, 0.1) is 17.2 Å². The highest BCUT2D eigenvalue weighted by Gasteiger charge is 2.33. The highest BCUT2D eigenvalue weighted by molar-refractivity contribution is 5.53. The summed E-state index contributed by atoms with van der Waals surface area (Å²) >= 11 is 0. The maximum atomic E-state index is 12.8. The molecule has 1 aliphatic rings. The predicted octanol–water partition coefficient (Wildman–Crippen LogP) is 2.94. The zero-order valence-electron chi connectivity index (χ0n) is 11.2. The summed E-state index contributed by atoms with van der Waals surface area (Å²) in [6.45, 7) is 2.62. The number of nitrogens with one attached hydrogen (secondary N) is 1. The van der Waals surface area contributed by atoms with Gasteiger partial charge in [-0.2, -0.15) is 18.4 Å². The van der Waals surface area contributed by atoms with Gasteiger partial charge in [-0.25, -0.2) is 0 Å². The molecule has 1 atom stereocenters. The molecule has 0 radical (unpaired) electrons. The molecule has 0 amide bonds. The smallest absolute Gasteiger partial charge is 0.385 e. The Labute approximate surface area is 116 Å². The van der Waals surface area contributed by atoms with Crippen molar-refractivity contribution in [2.24, 2.45) is 5.92 Å². The van der Waals surface area contributed by atoms with Gasteiger partial charge in [-0.15, -0.1) is 0 Å². The lowest BCUT2D eigenvalue weighted by Crippen LogP contribution is -2.19. The van der Waals surface area contributed by atoms with Gasteiger partial charge in [-0.1, -0.05) is 0 Å². The minimum atomic E-state index is -4.50. The van der Waals surface area contributed by atoms with Crippen LogP contribution in [-0.4, -0.2) is 31.6 Å². The molecule has 1 heterocycles. The third-order valence-corrected chi connectivity index (χ3v) is 3.53. The van der Waals surface area contributed by atoms with Crippen LogP contribution in [0.4, 0.5) is 18.9 Å². The highest BCUT2D eigenvalue weighted by atomic mass is 19.4. The summed E-state index contributed by atoms with van der Waals surface area (Å²) in [4.78, 5) is 2.20. The normalized spacial score (nSPS) is 19.9. The van der Waals surface area contributed by atoms with Crippen LogP contribution < -0.4 is 5.32 Å². The van der Waals surface area contributed by atoms with E-state index in [0.717, 1.165) is 25.6 Å². The van der Waals surface area contributed by atoms with E-state index in [-0.39, 0.29) is 5.56 Å². The first-order chi connectivity index (χ1) is 9.40. The number of alkyl halides is 3. The Kier molecular flexibility index (Phi) is 4.19. The number of likely N-dealkylation sites (tertiary alicyclic amines) is 1. The molecule has 1 unspecified atom stereocenters. The van der Waals surface area contributed by atoms with Crippen molar-refractivity contribution in [2.45, 2.75) is 12.6 Å². The van der Waals surface area contributed by atoms with E-state index in [1.807, 2.05) is 7.05 Å². The second-order valence-corrected chi connectivity index (χ2v) is 5.17. The molecular weight excluding hydrogens is 267 g/mol. The standard InChI is InChI=1S/C14H16F3N3/c1-20-5-4-10(9-20)8-19-12-3-2-11(7-18)13(6-12)14(15,16)17/h2-3,6,10,19H,4-5,8-9H2,1H3. The van der Waals surface area contributed by atoms with E-state index in [9.17, 15) is 13.2 Å². The zero-order chi connectivity index (χ0) is 14.8. The molecule has 0 spiro atoms. The second kappa shape index (κ2) is 5.71. The number of halogens is 3. The van der Waals surface area contributed by atoms with Crippen LogP contribution in [-0.2, 0) is 6.18 Å². The van der Waals surface area contributed by atoms with E-state index in [1.54, 1.807) is 6.07 Å². The average Bonchev–Trinajstić information content (AvgIpc) is 2.81. The summed E-state index contributed by atoms with van der Waals surface area (Å²) in [6.07, 6.45) is -3.46. The summed E-state index contributed by atoms with van der Waals surface area (Å²) in [5.41, 5.74) is -0.817. The summed E-state index contributed by atoms with van der Waals surface area (Å²) in [7, 11) is 2.03. The summed E-state index contributed by atoms with van der Waals surface area (Å²) in [6, 6.07) is 5.32. The Morgan fingerprint density at radius 2 is 2.20 bits per heavy atom. The van der Waals surface area contributed by atoms with Crippen LogP contribution in [0, 0.1) is 17.2 Å². The summed E-state index contributed by atoms with van der Waals surface area (Å²) < 4.78 is 38.5. The lowest BCUT2D eigenvalue weighted by atomic mass is 10.1. The van der Waals surface area contributed by atoms with Crippen LogP contribution in [0.1, 0.15) is 17.5 Å². The lowest BCUT2D eigenvalue weighted by molar-refractivity contribution is -0.137. The third-order valence-electron chi connectivity index (χ3n) is 3.53. The molecule has 1 aliphatic heterocycles. The van der Waals surface area contributed by atoms with Crippen molar-refractivity contribution in [1.82, 2.24) is 4.90 Å². The van der Waals surface area contributed by atoms with Crippen molar-refractivity contribution in [3.05, 3.63) is 29.3 Å². The van der Waals surface area contributed by atoms with Crippen molar-refractivity contribution in [3.63, 3.8) is 0 Å². The monoisotopic (exact) mass is 283 g/mol. The third kappa shape index (κ3) is 3.42. The van der Waals surface area contributed by atoms with E-state index in [0.29, 0.717) is 18.2 Å². The number of hydrogen-bond donors (Lipinski definition) is 1. The Hall–Kier alpha value is -1.74. The van der Waals surface area contributed by atoms with Crippen molar-refractivity contribution in [2.75, 3.05) is 32.0 Å². The zero-order valence-corrected chi connectivity index (χ0v) is 11.2. The Morgan fingerprint density at radius 1 is 1.45 bits per heavy atom. The van der Waals surface area contributed by atoms with Crippen molar-refractivity contribution >= 4 is 5.69 Å². The van der Waals surface area contributed by atoms with Gasteiger partial charge in [0.25, 0.3) is 0 Å². The molecule has 20 heavy (non-hydrogen) atoms. The molecular formula is C14H16F3N3. The summed E-state index contributed by atoms with van der Waals surface area (Å²) in [5.74, 6) is 0.449. The van der Waals surface area contributed by atoms with Gasteiger partial charge in [0, 0.05) is 18.8 Å². The number of anilines is 1. The largest absolute Gasteiger partial charge is 0.417 e. The first-order valence-corrected chi connectivity index (χ1v) is 6.44. The molecule has 108 valence electrons. The van der Waals surface area contributed by atoms with Crippen LogP contribution in [0.3, 0.4) is 0 Å². The van der Waals surface area contributed by atoms with Crippen molar-refractivity contribution < 1.29 is 13.2 Å². The fraction of sp³-hybridized carbons (Fsp3) is 0.500. The lowest BCUT2D eigenvalue weighted by Gasteiger charge is -2.15. The van der Waals surface area contributed by atoms with Crippen LogP contribution >= 0.6 is 0 Å². The van der Waals surface area contributed by atoms with E-state index in [2.05, 4.69) is 10.2 Å². The summed E-state index contributed by atoms with van der Waals surface area (Å²) in [5, 5.41) is 11.8. The highest BCUT2D eigenvalue weighted by Crippen LogP contribution is 2.33.